The van der Waals surface area contributed by atoms with Gasteiger partial charge in [-0.1, -0.05) is 17.4 Å². The summed E-state index contributed by atoms with van der Waals surface area (Å²) < 4.78 is 0.940. The van der Waals surface area contributed by atoms with Crippen LogP contribution in [0.3, 0.4) is 0 Å². The molecule has 0 unspecified atom stereocenters. The average molecular weight is 376 g/mol. The van der Waals surface area contributed by atoms with Crippen molar-refractivity contribution >= 4 is 32.7 Å². The molecular formula is C19H16N6OS. The van der Waals surface area contributed by atoms with Gasteiger partial charge in [0.15, 0.2) is 5.13 Å². The van der Waals surface area contributed by atoms with Gasteiger partial charge in [0.25, 0.3) is 0 Å². The van der Waals surface area contributed by atoms with Gasteiger partial charge in [-0.3, -0.25) is 20.3 Å². The number of nitrogens with zero attached hydrogens (tertiary/aromatic N) is 4. The summed E-state index contributed by atoms with van der Waals surface area (Å²) in [6.07, 6.45) is 8.57. The van der Waals surface area contributed by atoms with E-state index >= 15 is 0 Å². The second-order valence-corrected chi connectivity index (χ2v) is 6.71. The number of aromatic nitrogens is 4. The number of anilines is 1. The zero-order valence-electron chi connectivity index (χ0n) is 14.5. The molecule has 0 aliphatic carbocycles. The molecular weight excluding hydrogens is 360 g/mol. The van der Waals surface area contributed by atoms with Gasteiger partial charge in [0.2, 0.25) is 0 Å². The summed E-state index contributed by atoms with van der Waals surface area (Å²) in [6, 6.07) is 7.66. The average Bonchev–Trinajstić information content (AvgIpc) is 3.11. The third kappa shape index (κ3) is 3.61. The fraction of sp³-hybridized carbons (Fsp3) is 0.105. The Hall–Kier alpha value is -3.39. The van der Waals surface area contributed by atoms with E-state index in [0.29, 0.717) is 11.7 Å². The Kier molecular flexibility index (Phi) is 4.71. The first-order valence-corrected chi connectivity index (χ1v) is 9.22. The summed E-state index contributed by atoms with van der Waals surface area (Å²) in [4.78, 5) is 29.2. The number of nitrogens with one attached hydrogen (secondary N) is 2. The molecule has 2 N–H and O–H groups in total. The molecule has 134 valence electrons. The predicted molar refractivity (Wildman–Crippen MR) is 107 cm³/mol. The number of hydrogen-bond donors (Lipinski definition) is 2. The summed E-state index contributed by atoms with van der Waals surface area (Å²) >= 11 is 1.41. The maximum Gasteiger partial charge on any atom is 0.321 e. The Morgan fingerprint density at radius 3 is 2.74 bits per heavy atom. The van der Waals surface area contributed by atoms with Gasteiger partial charge in [-0.15, -0.1) is 0 Å². The molecule has 0 radical (unpaired) electrons. The third-order valence-corrected chi connectivity index (χ3v) is 4.90. The Morgan fingerprint density at radius 2 is 2.00 bits per heavy atom. The van der Waals surface area contributed by atoms with E-state index in [0.717, 1.165) is 32.6 Å². The van der Waals surface area contributed by atoms with Crippen LogP contribution >= 0.6 is 11.3 Å². The molecule has 0 saturated carbocycles. The van der Waals surface area contributed by atoms with E-state index in [4.69, 9.17) is 0 Å². The lowest BCUT2D eigenvalue weighted by molar-refractivity contribution is 0.252. The van der Waals surface area contributed by atoms with E-state index in [1.807, 2.05) is 31.3 Å². The number of hydrogen-bond acceptors (Lipinski definition) is 6. The van der Waals surface area contributed by atoms with E-state index in [2.05, 4.69) is 36.6 Å². The molecule has 8 heteroatoms. The highest BCUT2D eigenvalue weighted by atomic mass is 32.1. The standard InChI is InChI=1S/C19H16N6OS/c1-2-22-18(26)25-19-24-15-9-13(12-4-3-5-20-10-12)8-14(17(15)27-19)16-11-21-6-7-23-16/h3-11H,2H2,1H3,(H2,22,24,25,26). The largest absolute Gasteiger partial charge is 0.338 e. The molecule has 2 amide bonds. The van der Waals surface area contributed by atoms with E-state index in [-0.39, 0.29) is 6.03 Å². The van der Waals surface area contributed by atoms with Gasteiger partial charge in [-0.05, 0) is 30.7 Å². The summed E-state index contributed by atoms with van der Waals surface area (Å²) in [7, 11) is 0. The van der Waals surface area contributed by atoms with Crippen molar-refractivity contribution in [2.75, 3.05) is 11.9 Å². The number of thiazole rings is 1. The predicted octanol–water partition coefficient (Wildman–Crippen LogP) is 3.96. The molecule has 0 bridgehead atoms. The van der Waals surface area contributed by atoms with Crippen molar-refractivity contribution in [3.8, 4) is 22.4 Å². The summed E-state index contributed by atoms with van der Waals surface area (Å²) in [5.74, 6) is 0. The second-order valence-electron chi connectivity index (χ2n) is 5.71. The fourth-order valence-corrected chi connectivity index (χ4v) is 3.68. The van der Waals surface area contributed by atoms with E-state index < -0.39 is 0 Å². The van der Waals surface area contributed by atoms with Crippen LogP contribution in [-0.4, -0.2) is 32.5 Å². The highest BCUT2D eigenvalue weighted by Crippen LogP contribution is 2.37. The van der Waals surface area contributed by atoms with Crippen LogP contribution in [0.15, 0.2) is 55.2 Å². The van der Waals surface area contributed by atoms with Crippen LogP contribution in [0.4, 0.5) is 9.93 Å². The Bertz CT molecular complexity index is 1080. The van der Waals surface area contributed by atoms with Gasteiger partial charge in [-0.25, -0.2) is 9.78 Å². The van der Waals surface area contributed by atoms with Gasteiger partial charge in [0, 0.05) is 42.5 Å². The third-order valence-electron chi connectivity index (χ3n) is 3.88. The molecule has 7 nitrogen and oxygen atoms in total. The number of carbonyl (C=O) groups excluding carboxylic acids is 1. The van der Waals surface area contributed by atoms with Gasteiger partial charge >= 0.3 is 6.03 Å². The number of carbonyl (C=O) groups is 1. The zero-order valence-corrected chi connectivity index (χ0v) is 15.3. The van der Waals surface area contributed by atoms with Crippen molar-refractivity contribution in [2.24, 2.45) is 0 Å². The SMILES string of the molecule is CCNC(=O)Nc1nc2cc(-c3cccnc3)cc(-c3cnccn3)c2s1. The minimum atomic E-state index is -0.273. The van der Waals surface area contributed by atoms with Crippen LogP contribution in [-0.2, 0) is 0 Å². The highest BCUT2D eigenvalue weighted by molar-refractivity contribution is 7.22. The fourth-order valence-electron chi connectivity index (χ4n) is 2.72. The molecule has 4 rings (SSSR count). The minimum Gasteiger partial charge on any atom is -0.338 e. The quantitative estimate of drug-likeness (QED) is 0.562. The first-order valence-electron chi connectivity index (χ1n) is 8.41. The molecule has 27 heavy (non-hydrogen) atoms. The number of rotatable bonds is 4. The van der Waals surface area contributed by atoms with Gasteiger partial charge in [0.05, 0.1) is 22.1 Å². The molecule has 0 aliphatic heterocycles. The monoisotopic (exact) mass is 376 g/mol. The number of pyridine rings is 1. The maximum atomic E-state index is 11.8. The summed E-state index contributed by atoms with van der Waals surface area (Å²) in [5.41, 5.74) is 4.41. The molecule has 0 saturated heterocycles. The van der Waals surface area contributed by atoms with Crippen molar-refractivity contribution < 1.29 is 4.79 Å². The van der Waals surface area contributed by atoms with E-state index in [1.165, 1.54) is 11.3 Å². The number of urea groups is 1. The molecule has 0 fully saturated rings. The van der Waals surface area contributed by atoms with Crippen molar-refractivity contribution in [1.82, 2.24) is 25.3 Å². The molecule has 3 aromatic heterocycles. The maximum absolute atomic E-state index is 11.8. The van der Waals surface area contributed by atoms with Crippen LogP contribution < -0.4 is 10.6 Å². The van der Waals surface area contributed by atoms with Gasteiger partial charge in [0.1, 0.15) is 0 Å². The first-order chi connectivity index (χ1) is 13.2. The molecule has 3 heterocycles. The molecule has 0 aliphatic rings. The Morgan fingerprint density at radius 1 is 1.11 bits per heavy atom. The van der Waals surface area contributed by atoms with E-state index in [9.17, 15) is 4.79 Å². The van der Waals surface area contributed by atoms with E-state index in [1.54, 1.807) is 24.8 Å². The second kappa shape index (κ2) is 7.46. The van der Waals surface area contributed by atoms with Crippen molar-refractivity contribution in [1.29, 1.82) is 0 Å². The van der Waals surface area contributed by atoms with Crippen molar-refractivity contribution in [3.05, 3.63) is 55.2 Å². The summed E-state index contributed by atoms with van der Waals surface area (Å²) in [5, 5.41) is 6.02. The molecule has 0 spiro atoms. The van der Waals surface area contributed by atoms with Crippen LogP contribution in [0.5, 0.6) is 0 Å². The highest BCUT2D eigenvalue weighted by Gasteiger charge is 2.15. The lowest BCUT2D eigenvalue weighted by Gasteiger charge is -2.06. The first kappa shape index (κ1) is 17.0. The van der Waals surface area contributed by atoms with Crippen molar-refractivity contribution in [2.45, 2.75) is 6.92 Å². The topological polar surface area (TPSA) is 92.7 Å². The number of amides is 2. The molecule has 4 aromatic rings. The number of benzene rings is 1. The lowest BCUT2D eigenvalue weighted by atomic mass is 10.0. The molecule has 0 atom stereocenters. The van der Waals surface area contributed by atoms with Crippen LogP contribution in [0.25, 0.3) is 32.6 Å². The zero-order chi connectivity index (χ0) is 18.6. The lowest BCUT2D eigenvalue weighted by Crippen LogP contribution is -2.28. The van der Waals surface area contributed by atoms with Crippen LogP contribution in [0.1, 0.15) is 6.92 Å². The van der Waals surface area contributed by atoms with Crippen molar-refractivity contribution in [3.63, 3.8) is 0 Å². The number of fused-ring (bicyclic) bond motifs is 1. The normalized spacial score (nSPS) is 10.7. The Labute approximate surface area is 159 Å². The molecule has 1 aromatic carbocycles. The van der Waals surface area contributed by atoms with Crippen LogP contribution in [0.2, 0.25) is 0 Å². The minimum absolute atomic E-state index is 0.273. The Balaban J connectivity index is 1.86. The van der Waals surface area contributed by atoms with Gasteiger partial charge in [-0.2, -0.15) is 0 Å². The van der Waals surface area contributed by atoms with Gasteiger partial charge < -0.3 is 5.32 Å². The summed E-state index contributed by atoms with van der Waals surface area (Å²) in [6.45, 7) is 2.41. The van der Waals surface area contributed by atoms with Crippen LogP contribution in [0, 0.1) is 0 Å². The smallest absolute Gasteiger partial charge is 0.321 e.